The summed E-state index contributed by atoms with van der Waals surface area (Å²) >= 11 is 8.49. The quantitative estimate of drug-likeness (QED) is 0.0530. The Hall–Kier alpha value is -4.04. The zero-order valence-corrected chi connectivity index (χ0v) is 37.7. The van der Waals surface area contributed by atoms with Crippen molar-refractivity contribution in [3.63, 3.8) is 0 Å². The average molecular weight is 933 g/mol. The van der Waals surface area contributed by atoms with Gasteiger partial charge in [0.15, 0.2) is 8.68 Å². The number of amides is 4. The molecule has 4 aliphatic rings. The van der Waals surface area contributed by atoms with Crippen LogP contribution in [-0.2, 0) is 41.9 Å². The number of hydrogen-bond acceptors (Lipinski definition) is 22. The van der Waals surface area contributed by atoms with E-state index < -0.39 is 58.4 Å². The standard InChI is InChI=1S/2C14H14N8O4S3.Na.H/c2*1-6-17-18-14(29-6)28-4-7-3-27-12-9(11(24)22(12)10(7)13(25)26)16-8(23)2-21-5-15-19-20-21;;/h2*5,9,12H,2-4H2,1H3,(H,16,23)(H,25,26);;/q;;+1;-1/t2*9-,12-;;/m11../s1. The number of carboxylic acid groups (broad SMARTS) is 2. The minimum absolute atomic E-state index is 0. The molecule has 0 aromatic carbocycles. The van der Waals surface area contributed by atoms with Crippen molar-refractivity contribution in [1.82, 2.24) is 81.2 Å². The fourth-order valence-electron chi connectivity index (χ4n) is 5.80. The smallest absolute Gasteiger partial charge is 1.00 e. The van der Waals surface area contributed by atoms with Crippen LogP contribution in [0.3, 0.4) is 0 Å². The van der Waals surface area contributed by atoms with Crippen molar-refractivity contribution in [2.45, 2.75) is 58.4 Å². The Morgan fingerprint density at radius 2 is 1.14 bits per heavy atom. The van der Waals surface area contributed by atoms with Crippen LogP contribution in [0.25, 0.3) is 0 Å². The SMILES string of the molecule is Cc1nnc(SCC2=C(C(=O)O)N3C(=O)[C@@H](NC(=O)Cn4cnnn4)[C@H]3SC2)s1.Cc1nnc(SCC2=C(C(=O)O)N3C(=O)[C@@H](NC(=O)Cn4cnnn4)[C@H]3SC2)s1.[H-].[Na+]. The van der Waals surface area contributed by atoms with Crippen LogP contribution in [0.4, 0.5) is 0 Å². The van der Waals surface area contributed by atoms with Crippen molar-refractivity contribution in [1.29, 1.82) is 0 Å². The average Bonchev–Trinajstić information content (AvgIpc) is 4.04. The maximum absolute atomic E-state index is 12.6. The van der Waals surface area contributed by atoms with Gasteiger partial charge in [-0.05, 0) is 45.8 Å². The molecule has 4 N–H and O–H groups in total. The molecule has 24 nitrogen and oxygen atoms in total. The summed E-state index contributed by atoms with van der Waals surface area (Å²) in [5.41, 5.74) is 1.25. The van der Waals surface area contributed by atoms with Crippen LogP contribution in [-0.4, -0.2) is 162 Å². The van der Waals surface area contributed by atoms with E-state index in [0.29, 0.717) is 34.2 Å². The van der Waals surface area contributed by atoms with Gasteiger partial charge < -0.3 is 22.3 Å². The van der Waals surface area contributed by atoms with Gasteiger partial charge in [-0.3, -0.25) is 29.0 Å². The Bertz CT molecular complexity index is 2150. The molecule has 0 radical (unpaired) electrons. The van der Waals surface area contributed by atoms with E-state index in [9.17, 15) is 39.0 Å². The predicted octanol–water partition coefficient (Wildman–Crippen LogP) is -4.16. The number of rotatable bonds is 14. The van der Waals surface area contributed by atoms with Crippen LogP contribution in [0.2, 0.25) is 0 Å². The first-order valence-electron chi connectivity index (χ1n) is 16.5. The van der Waals surface area contributed by atoms with E-state index in [1.807, 2.05) is 13.8 Å². The maximum atomic E-state index is 12.6. The Labute approximate surface area is 380 Å². The summed E-state index contributed by atoms with van der Waals surface area (Å²) < 4.78 is 3.96. The normalized spacial score (nSPS) is 20.6. The first-order valence-corrected chi connectivity index (χ1v) is 22.2. The van der Waals surface area contributed by atoms with Crippen LogP contribution < -0.4 is 40.2 Å². The van der Waals surface area contributed by atoms with Crippen molar-refractivity contribution in [2.24, 2.45) is 0 Å². The molecule has 59 heavy (non-hydrogen) atoms. The second-order valence-corrected chi connectivity index (χ2v) is 19.2. The van der Waals surface area contributed by atoms with Gasteiger partial charge in [0.25, 0.3) is 11.8 Å². The van der Waals surface area contributed by atoms with E-state index in [4.69, 9.17) is 0 Å². The van der Waals surface area contributed by atoms with E-state index in [1.165, 1.54) is 102 Å². The zero-order chi connectivity index (χ0) is 41.1. The fourth-order valence-corrected chi connectivity index (χ4v) is 12.4. The van der Waals surface area contributed by atoms with Gasteiger partial charge in [-0.2, -0.15) is 0 Å². The second-order valence-electron chi connectivity index (χ2n) is 12.2. The Kier molecular flexibility index (Phi) is 14.8. The Balaban J connectivity index is 0.000000220. The molecule has 31 heteroatoms. The van der Waals surface area contributed by atoms with E-state index in [-0.39, 0.29) is 55.5 Å². The molecule has 2 fully saturated rings. The van der Waals surface area contributed by atoms with E-state index in [0.717, 1.165) is 18.7 Å². The number of thioether (sulfide) groups is 4. The van der Waals surface area contributed by atoms with Crippen molar-refractivity contribution >= 4 is 105 Å². The van der Waals surface area contributed by atoms with Gasteiger partial charge in [-0.25, -0.2) is 19.0 Å². The van der Waals surface area contributed by atoms with Gasteiger partial charge >= 0.3 is 41.5 Å². The summed E-state index contributed by atoms with van der Waals surface area (Å²) in [6.45, 7) is 3.44. The molecule has 4 amide bonds. The molecular weight excluding hydrogens is 904 g/mol. The molecule has 8 heterocycles. The number of hydrogen-bond donors (Lipinski definition) is 4. The number of carboxylic acids is 2. The number of nitrogens with one attached hydrogen (secondary N) is 2. The summed E-state index contributed by atoms with van der Waals surface area (Å²) in [4.78, 5) is 75.6. The molecule has 4 aromatic rings. The summed E-state index contributed by atoms with van der Waals surface area (Å²) in [5.74, 6) is -2.38. The molecule has 0 aliphatic carbocycles. The number of carbonyl (C=O) groups is 6. The minimum Gasteiger partial charge on any atom is -1.00 e. The van der Waals surface area contributed by atoms with E-state index in [1.54, 1.807) is 0 Å². The summed E-state index contributed by atoms with van der Waals surface area (Å²) in [6, 6.07) is -1.56. The second kappa shape index (κ2) is 19.6. The first kappa shape index (κ1) is 44.5. The Morgan fingerprint density at radius 1 is 0.729 bits per heavy atom. The molecule has 4 aliphatic heterocycles. The van der Waals surface area contributed by atoms with Crippen LogP contribution >= 0.6 is 69.7 Å². The number of fused-ring (bicyclic) bond motifs is 2. The maximum Gasteiger partial charge on any atom is 1.00 e. The van der Waals surface area contributed by atoms with Gasteiger partial charge in [0.2, 0.25) is 11.8 Å². The van der Waals surface area contributed by atoms with Gasteiger partial charge in [0, 0.05) is 23.0 Å². The number of aromatic nitrogens is 12. The summed E-state index contributed by atoms with van der Waals surface area (Å²) in [5, 5.41) is 62.3. The van der Waals surface area contributed by atoms with E-state index in [2.05, 4.69) is 62.1 Å². The van der Waals surface area contributed by atoms with Crippen LogP contribution in [0.5, 0.6) is 0 Å². The molecule has 306 valence electrons. The monoisotopic (exact) mass is 932 g/mol. The molecule has 4 atom stereocenters. The molecule has 4 aromatic heterocycles. The molecule has 8 rings (SSSR count). The topological polar surface area (TPSA) is 312 Å². The van der Waals surface area contributed by atoms with Gasteiger partial charge in [0.05, 0.1) is 0 Å². The van der Waals surface area contributed by atoms with E-state index >= 15 is 0 Å². The summed E-state index contributed by atoms with van der Waals surface area (Å²) in [7, 11) is 0. The van der Waals surface area contributed by atoms with Gasteiger partial charge in [0.1, 0.15) is 70.0 Å². The van der Waals surface area contributed by atoms with Crippen molar-refractivity contribution in [3.8, 4) is 0 Å². The summed E-state index contributed by atoms with van der Waals surface area (Å²) in [6.07, 6.45) is 2.58. The molecule has 0 spiro atoms. The predicted molar refractivity (Wildman–Crippen MR) is 207 cm³/mol. The molecule has 0 unspecified atom stereocenters. The van der Waals surface area contributed by atoms with Crippen molar-refractivity contribution in [3.05, 3.63) is 45.2 Å². The van der Waals surface area contributed by atoms with Crippen LogP contribution in [0, 0.1) is 13.8 Å². The molecule has 2 saturated heterocycles. The number of aryl methyl sites for hydroxylation is 2. The zero-order valence-electron chi connectivity index (χ0n) is 31.8. The first-order chi connectivity index (χ1) is 27.9. The fraction of sp³-hybridized carbons (Fsp3) is 0.429. The minimum atomic E-state index is -1.16. The van der Waals surface area contributed by atoms with Gasteiger partial charge in [-0.15, -0.1) is 54.1 Å². The van der Waals surface area contributed by atoms with Crippen molar-refractivity contribution in [2.75, 3.05) is 23.0 Å². The third-order valence-corrected chi connectivity index (χ3v) is 15.1. The molecule has 0 saturated carbocycles. The number of nitrogens with zero attached hydrogens (tertiary/aromatic N) is 14. The van der Waals surface area contributed by atoms with Crippen LogP contribution in [0.15, 0.2) is 43.9 Å². The molecule has 0 bridgehead atoms. The number of tetrazole rings is 2. The van der Waals surface area contributed by atoms with Crippen molar-refractivity contribution < 1.29 is 70.0 Å². The third-order valence-electron chi connectivity index (χ3n) is 8.28. The Morgan fingerprint density at radius 3 is 1.46 bits per heavy atom. The van der Waals surface area contributed by atoms with Gasteiger partial charge in [-0.1, -0.05) is 46.2 Å². The number of aliphatic carboxylic acids is 2. The third kappa shape index (κ3) is 10.1. The number of carbonyl (C=O) groups excluding carboxylic acids is 4. The van der Waals surface area contributed by atoms with Crippen LogP contribution in [0.1, 0.15) is 11.4 Å². The molecular formula is C28H29N16NaO8S6. The largest absolute Gasteiger partial charge is 1.00 e. The number of β-lactam (4-membered cyclic amide) rings is 2.